The molecule has 126 valence electrons. The van der Waals surface area contributed by atoms with Crippen molar-refractivity contribution in [2.45, 2.75) is 20.3 Å². The fourth-order valence-corrected chi connectivity index (χ4v) is 3.55. The monoisotopic (exact) mass is 328 g/mol. The first-order valence-corrected chi connectivity index (χ1v) is 8.79. The maximum absolute atomic E-state index is 3.54. The van der Waals surface area contributed by atoms with Crippen LogP contribution in [-0.2, 0) is 6.42 Å². The zero-order valence-electron chi connectivity index (χ0n) is 15.4. The molecule has 3 aromatic carbocycles. The molecular formula is C23H24N2. The summed E-state index contributed by atoms with van der Waals surface area (Å²) < 4.78 is 0. The molecule has 1 N–H and O–H groups in total. The van der Waals surface area contributed by atoms with Crippen LogP contribution in [0.25, 0.3) is 11.1 Å². The number of nitrogens with one attached hydrogen (secondary N) is 1. The van der Waals surface area contributed by atoms with Gasteiger partial charge in [0, 0.05) is 31.2 Å². The molecule has 0 saturated carbocycles. The van der Waals surface area contributed by atoms with Gasteiger partial charge in [-0.2, -0.15) is 0 Å². The molecule has 0 spiro atoms. The van der Waals surface area contributed by atoms with Crippen molar-refractivity contribution in [1.82, 2.24) is 0 Å². The van der Waals surface area contributed by atoms with Crippen molar-refractivity contribution in [3.63, 3.8) is 0 Å². The lowest BCUT2D eigenvalue weighted by Gasteiger charge is -2.14. The molecule has 1 aliphatic rings. The molecule has 1 aliphatic carbocycles. The van der Waals surface area contributed by atoms with Gasteiger partial charge in [0.15, 0.2) is 0 Å². The number of benzene rings is 3. The van der Waals surface area contributed by atoms with Crippen LogP contribution in [-0.4, -0.2) is 14.1 Å². The van der Waals surface area contributed by atoms with Crippen molar-refractivity contribution < 1.29 is 0 Å². The fraction of sp³-hybridized carbons (Fsp3) is 0.217. The lowest BCUT2D eigenvalue weighted by Crippen LogP contribution is -2.08. The van der Waals surface area contributed by atoms with Gasteiger partial charge in [-0.05, 0) is 90.0 Å². The normalized spacial score (nSPS) is 11.8. The lowest BCUT2D eigenvalue weighted by molar-refractivity contribution is 1.13. The number of hydrogen-bond donors (Lipinski definition) is 1. The number of fused-ring (bicyclic) bond motifs is 3. The first kappa shape index (κ1) is 15.8. The molecular weight excluding hydrogens is 304 g/mol. The summed E-state index contributed by atoms with van der Waals surface area (Å²) in [6, 6.07) is 19.9. The number of rotatable bonds is 3. The van der Waals surface area contributed by atoms with Crippen LogP contribution >= 0.6 is 0 Å². The van der Waals surface area contributed by atoms with Crippen LogP contribution in [0.5, 0.6) is 0 Å². The number of aryl methyl sites for hydroxylation is 2. The second-order valence-electron chi connectivity index (χ2n) is 7.21. The van der Waals surface area contributed by atoms with E-state index < -0.39 is 0 Å². The minimum Gasteiger partial charge on any atom is -0.378 e. The Morgan fingerprint density at radius 3 is 2.08 bits per heavy atom. The van der Waals surface area contributed by atoms with E-state index in [1.807, 2.05) is 0 Å². The quantitative estimate of drug-likeness (QED) is 0.520. The summed E-state index contributed by atoms with van der Waals surface area (Å²) in [5.74, 6) is 0. The zero-order valence-corrected chi connectivity index (χ0v) is 15.4. The highest BCUT2D eigenvalue weighted by molar-refractivity contribution is 5.81. The molecule has 3 aromatic rings. The standard InChI is InChI=1S/C23H24N2/c1-15-11-18-13-17-5-6-20(14-23(17)22(18)12-16(15)2)24-19-7-9-21(10-8-19)25(3)4/h5-12,14,24H,13H2,1-4H3. The van der Waals surface area contributed by atoms with Gasteiger partial charge in [0.2, 0.25) is 0 Å². The van der Waals surface area contributed by atoms with Crippen molar-refractivity contribution in [1.29, 1.82) is 0 Å². The van der Waals surface area contributed by atoms with E-state index >= 15 is 0 Å². The van der Waals surface area contributed by atoms with Gasteiger partial charge < -0.3 is 10.2 Å². The molecule has 0 radical (unpaired) electrons. The summed E-state index contributed by atoms with van der Waals surface area (Å²) in [5.41, 5.74) is 11.8. The van der Waals surface area contributed by atoms with E-state index in [9.17, 15) is 0 Å². The Morgan fingerprint density at radius 1 is 0.720 bits per heavy atom. The van der Waals surface area contributed by atoms with E-state index in [-0.39, 0.29) is 0 Å². The first-order chi connectivity index (χ1) is 12.0. The molecule has 2 heteroatoms. The number of anilines is 3. The average molecular weight is 328 g/mol. The highest BCUT2D eigenvalue weighted by Gasteiger charge is 2.19. The predicted octanol–water partition coefficient (Wildman–Crippen LogP) is 5.68. The van der Waals surface area contributed by atoms with Crippen LogP contribution in [0.15, 0.2) is 54.6 Å². The second-order valence-corrected chi connectivity index (χ2v) is 7.21. The summed E-state index contributed by atoms with van der Waals surface area (Å²) in [5, 5.41) is 3.54. The Kier molecular flexibility index (Phi) is 3.76. The van der Waals surface area contributed by atoms with Gasteiger partial charge in [-0.25, -0.2) is 0 Å². The second kappa shape index (κ2) is 5.96. The van der Waals surface area contributed by atoms with E-state index in [2.05, 4.69) is 92.8 Å². The van der Waals surface area contributed by atoms with Crippen molar-refractivity contribution in [3.05, 3.63) is 76.9 Å². The minimum atomic E-state index is 1.05. The molecule has 0 amide bonds. The van der Waals surface area contributed by atoms with Gasteiger partial charge in [-0.1, -0.05) is 18.2 Å². The minimum absolute atomic E-state index is 1.05. The maximum Gasteiger partial charge on any atom is 0.0390 e. The fourth-order valence-electron chi connectivity index (χ4n) is 3.55. The van der Waals surface area contributed by atoms with Crippen molar-refractivity contribution in [3.8, 4) is 11.1 Å². The average Bonchev–Trinajstić information content (AvgIpc) is 2.93. The van der Waals surface area contributed by atoms with Gasteiger partial charge in [0.05, 0.1) is 0 Å². The Bertz CT molecular complexity index is 937. The molecule has 0 atom stereocenters. The number of hydrogen-bond acceptors (Lipinski definition) is 2. The summed E-state index contributed by atoms with van der Waals surface area (Å²) >= 11 is 0. The smallest absolute Gasteiger partial charge is 0.0390 e. The van der Waals surface area contributed by atoms with Gasteiger partial charge in [0.25, 0.3) is 0 Å². The van der Waals surface area contributed by atoms with Crippen LogP contribution in [0, 0.1) is 13.8 Å². The van der Waals surface area contributed by atoms with Crippen LogP contribution < -0.4 is 10.2 Å². The van der Waals surface area contributed by atoms with Crippen LogP contribution in [0.3, 0.4) is 0 Å². The van der Waals surface area contributed by atoms with E-state index in [0.29, 0.717) is 0 Å². The third kappa shape index (κ3) is 2.89. The van der Waals surface area contributed by atoms with Gasteiger partial charge in [0.1, 0.15) is 0 Å². The highest BCUT2D eigenvalue weighted by atomic mass is 15.1. The third-order valence-corrected chi connectivity index (χ3v) is 5.17. The van der Waals surface area contributed by atoms with Gasteiger partial charge in [-0.15, -0.1) is 0 Å². The highest BCUT2D eigenvalue weighted by Crippen LogP contribution is 2.39. The Balaban J connectivity index is 1.65. The lowest BCUT2D eigenvalue weighted by atomic mass is 9.99. The summed E-state index contributed by atoms with van der Waals surface area (Å²) in [7, 11) is 4.12. The molecule has 0 heterocycles. The molecule has 0 aliphatic heterocycles. The predicted molar refractivity (Wildman–Crippen MR) is 108 cm³/mol. The van der Waals surface area contributed by atoms with E-state index in [4.69, 9.17) is 0 Å². The van der Waals surface area contributed by atoms with Crippen molar-refractivity contribution in [2.24, 2.45) is 0 Å². The van der Waals surface area contributed by atoms with Crippen LogP contribution in [0.2, 0.25) is 0 Å². The Hall–Kier alpha value is -2.74. The largest absolute Gasteiger partial charge is 0.378 e. The number of nitrogens with zero attached hydrogens (tertiary/aromatic N) is 1. The molecule has 2 nitrogen and oxygen atoms in total. The Labute approximate surface area is 150 Å². The first-order valence-electron chi connectivity index (χ1n) is 8.79. The molecule has 25 heavy (non-hydrogen) atoms. The summed E-state index contributed by atoms with van der Waals surface area (Å²) in [6.07, 6.45) is 1.05. The van der Waals surface area contributed by atoms with Gasteiger partial charge >= 0.3 is 0 Å². The Morgan fingerprint density at radius 2 is 1.36 bits per heavy atom. The molecule has 0 saturated heterocycles. The molecule has 4 rings (SSSR count). The zero-order chi connectivity index (χ0) is 17.6. The third-order valence-electron chi connectivity index (χ3n) is 5.17. The maximum atomic E-state index is 3.54. The van der Waals surface area contributed by atoms with Crippen molar-refractivity contribution in [2.75, 3.05) is 24.3 Å². The van der Waals surface area contributed by atoms with E-state index in [1.165, 1.54) is 39.1 Å². The van der Waals surface area contributed by atoms with E-state index in [0.717, 1.165) is 17.8 Å². The molecule has 0 bridgehead atoms. The topological polar surface area (TPSA) is 15.3 Å². The van der Waals surface area contributed by atoms with Crippen LogP contribution in [0.1, 0.15) is 22.3 Å². The van der Waals surface area contributed by atoms with Crippen molar-refractivity contribution >= 4 is 17.1 Å². The SMILES string of the molecule is Cc1cc2c(cc1C)-c1cc(Nc3ccc(N(C)C)cc3)ccc1C2. The van der Waals surface area contributed by atoms with Crippen LogP contribution in [0.4, 0.5) is 17.1 Å². The molecule has 0 unspecified atom stereocenters. The summed E-state index contributed by atoms with van der Waals surface area (Å²) in [6.45, 7) is 4.39. The molecule has 0 fully saturated rings. The van der Waals surface area contributed by atoms with E-state index in [1.54, 1.807) is 0 Å². The van der Waals surface area contributed by atoms with Gasteiger partial charge in [-0.3, -0.25) is 0 Å². The molecule has 0 aromatic heterocycles. The summed E-state index contributed by atoms with van der Waals surface area (Å²) in [4.78, 5) is 2.11.